The molecule has 0 radical (unpaired) electrons. The zero-order valence-corrected chi connectivity index (χ0v) is 11.5. The number of halogens is 1. The first kappa shape index (κ1) is 13.6. The predicted octanol–water partition coefficient (Wildman–Crippen LogP) is 3.69. The van der Waals surface area contributed by atoms with Crippen molar-refractivity contribution in [1.29, 1.82) is 0 Å². The predicted molar refractivity (Wildman–Crippen MR) is 78.0 cm³/mol. The van der Waals surface area contributed by atoms with E-state index < -0.39 is 0 Å². The second-order valence-corrected chi connectivity index (χ2v) is 4.61. The summed E-state index contributed by atoms with van der Waals surface area (Å²) < 4.78 is 11.1. The van der Waals surface area contributed by atoms with Crippen LogP contribution in [0.2, 0.25) is 5.02 Å². The Bertz CT molecular complexity index is 558. The third kappa shape index (κ3) is 4.07. The summed E-state index contributed by atoms with van der Waals surface area (Å²) in [6.07, 6.45) is 0. The van der Waals surface area contributed by atoms with Crippen LogP contribution in [0.1, 0.15) is 5.56 Å². The summed E-state index contributed by atoms with van der Waals surface area (Å²) in [5.74, 6) is 1.41. The molecule has 100 valence electrons. The highest BCUT2D eigenvalue weighted by Gasteiger charge is 2.01. The molecular weight excluding hydrogens is 262 g/mol. The van der Waals surface area contributed by atoms with Gasteiger partial charge in [-0.15, -0.1) is 0 Å². The van der Waals surface area contributed by atoms with E-state index in [2.05, 4.69) is 0 Å². The monoisotopic (exact) mass is 277 g/mol. The van der Waals surface area contributed by atoms with E-state index in [1.807, 2.05) is 43.3 Å². The van der Waals surface area contributed by atoms with Gasteiger partial charge in [0.25, 0.3) is 0 Å². The number of hydrogen-bond donors (Lipinski definition) is 1. The summed E-state index contributed by atoms with van der Waals surface area (Å²) in [6.45, 7) is 2.86. The van der Waals surface area contributed by atoms with Crippen molar-refractivity contribution in [3.05, 3.63) is 53.1 Å². The molecule has 0 heterocycles. The van der Waals surface area contributed by atoms with Gasteiger partial charge in [-0.05, 0) is 36.8 Å². The van der Waals surface area contributed by atoms with Crippen molar-refractivity contribution in [3.8, 4) is 11.5 Å². The molecule has 2 aromatic rings. The van der Waals surface area contributed by atoms with Crippen molar-refractivity contribution in [2.24, 2.45) is 0 Å². The molecule has 2 rings (SSSR count). The van der Waals surface area contributed by atoms with Crippen LogP contribution in [0.4, 0.5) is 5.69 Å². The van der Waals surface area contributed by atoms with E-state index in [4.69, 9.17) is 26.8 Å². The van der Waals surface area contributed by atoms with Crippen LogP contribution in [-0.4, -0.2) is 13.2 Å². The number of ether oxygens (including phenoxy) is 2. The molecule has 2 N–H and O–H groups in total. The van der Waals surface area contributed by atoms with Gasteiger partial charge >= 0.3 is 0 Å². The highest BCUT2D eigenvalue weighted by Crippen LogP contribution is 2.25. The van der Waals surface area contributed by atoms with E-state index in [1.165, 1.54) is 0 Å². The summed E-state index contributed by atoms with van der Waals surface area (Å²) >= 11 is 6.03. The van der Waals surface area contributed by atoms with Crippen LogP contribution in [0.15, 0.2) is 42.5 Å². The lowest BCUT2D eigenvalue weighted by Gasteiger charge is -2.10. The number of anilines is 1. The minimum Gasteiger partial charge on any atom is -0.490 e. The largest absolute Gasteiger partial charge is 0.490 e. The van der Waals surface area contributed by atoms with Crippen LogP contribution in [0, 0.1) is 6.92 Å². The van der Waals surface area contributed by atoms with E-state index in [1.54, 1.807) is 6.07 Å². The molecule has 2 aromatic carbocycles. The summed E-state index contributed by atoms with van der Waals surface area (Å²) in [7, 11) is 0. The normalized spacial score (nSPS) is 10.2. The number of hydrogen-bond acceptors (Lipinski definition) is 3. The number of nitrogens with two attached hydrogens (primary N) is 1. The Balaban J connectivity index is 1.82. The van der Waals surface area contributed by atoms with Gasteiger partial charge in [0.05, 0.1) is 5.02 Å². The third-order valence-electron chi connectivity index (χ3n) is 2.55. The molecule has 0 aliphatic carbocycles. The van der Waals surface area contributed by atoms with Crippen LogP contribution in [0.3, 0.4) is 0 Å². The molecule has 0 unspecified atom stereocenters. The third-order valence-corrected chi connectivity index (χ3v) is 2.87. The Labute approximate surface area is 117 Å². The Morgan fingerprint density at radius 1 is 1.05 bits per heavy atom. The van der Waals surface area contributed by atoms with E-state index in [-0.39, 0.29) is 0 Å². The molecule has 0 saturated carbocycles. The summed E-state index contributed by atoms with van der Waals surface area (Å²) in [5, 5.41) is 0.606. The van der Waals surface area contributed by atoms with Crippen molar-refractivity contribution in [2.45, 2.75) is 6.92 Å². The lowest BCUT2D eigenvalue weighted by atomic mass is 10.2. The van der Waals surface area contributed by atoms with Crippen molar-refractivity contribution in [2.75, 3.05) is 18.9 Å². The van der Waals surface area contributed by atoms with Gasteiger partial charge in [-0.25, -0.2) is 0 Å². The quantitative estimate of drug-likeness (QED) is 0.670. The fraction of sp³-hybridized carbons (Fsp3) is 0.200. The molecule has 0 aromatic heterocycles. The fourth-order valence-electron chi connectivity index (χ4n) is 1.64. The number of benzene rings is 2. The van der Waals surface area contributed by atoms with Gasteiger partial charge < -0.3 is 15.2 Å². The topological polar surface area (TPSA) is 44.5 Å². The summed E-state index contributed by atoms with van der Waals surface area (Å²) in [6, 6.07) is 13.0. The van der Waals surface area contributed by atoms with Gasteiger partial charge in [-0.1, -0.05) is 23.7 Å². The van der Waals surface area contributed by atoms with Crippen molar-refractivity contribution < 1.29 is 9.47 Å². The average Bonchev–Trinajstić information content (AvgIpc) is 2.39. The molecule has 3 nitrogen and oxygen atoms in total. The molecule has 4 heteroatoms. The highest BCUT2D eigenvalue weighted by atomic mass is 35.5. The maximum Gasteiger partial charge on any atom is 0.138 e. The van der Waals surface area contributed by atoms with Crippen molar-refractivity contribution in [3.63, 3.8) is 0 Å². The van der Waals surface area contributed by atoms with Crippen LogP contribution in [0.25, 0.3) is 0 Å². The van der Waals surface area contributed by atoms with E-state index >= 15 is 0 Å². The minimum absolute atomic E-state index is 0.429. The van der Waals surface area contributed by atoms with E-state index in [0.717, 1.165) is 11.3 Å². The van der Waals surface area contributed by atoms with Gasteiger partial charge in [0.1, 0.15) is 24.7 Å². The molecule has 0 aliphatic rings. The molecule has 0 amide bonds. The second-order valence-electron chi connectivity index (χ2n) is 4.20. The van der Waals surface area contributed by atoms with Crippen LogP contribution in [-0.2, 0) is 0 Å². The first-order valence-corrected chi connectivity index (χ1v) is 6.40. The van der Waals surface area contributed by atoms with Gasteiger partial charge in [0.2, 0.25) is 0 Å². The maximum absolute atomic E-state index is 6.03. The first-order valence-electron chi connectivity index (χ1n) is 6.02. The van der Waals surface area contributed by atoms with Crippen molar-refractivity contribution >= 4 is 17.3 Å². The van der Waals surface area contributed by atoms with Crippen LogP contribution < -0.4 is 15.2 Å². The van der Waals surface area contributed by atoms with Crippen molar-refractivity contribution in [1.82, 2.24) is 0 Å². The Hall–Kier alpha value is -1.87. The molecular formula is C15H16ClNO2. The zero-order chi connectivity index (χ0) is 13.7. The summed E-state index contributed by atoms with van der Waals surface area (Å²) in [4.78, 5) is 0. The van der Waals surface area contributed by atoms with Crippen LogP contribution >= 0.6 is 11.6 Å². The van der Waals surface area contributed by atoms with Crippen LogP contribution in [0.5, 0.6) is 11.5 Å². The lowest BCUT2D eigenvalue weighted by molar-refractivity contribution is 0.217. The molecule has 0 saturated heterocycles. The summed E-state index contributed by atoms with van der Waals surface area (Å²) in [5.41, 5.74) is 7.45. The van der Waals surface area contributed by atoms with Gasteiger partial charge in [0, 0.05) is 11.8 Å². The molecule has 0 fully saturated rings. The standard InChI is InChI=1S/C15H16ClNO2/c1-11-5-6-14(16)15(9-11)19-8-7-18-13-4-2-3-12(17)10-13/h2-6,9-10H,7-8,17H2,1H3. The molecule has 19 heavy (non-hydrogen) atoms. The second kappa shape index (κ2) is 6.34. The molecule has 0 spiro atoms. The van der Waals surface area contributed by atoms with Gasteiger partial charge in [-0.2, -0.15) is 0 Å². The highest BCUT2D eigenvalue weighted by molar-refractivity contribution is 6.32. The molecule has 0 atom stereocenters. The smallest absolute Gasteiger partial charge is 0.138 e. The van der Waals surface area contributed by atoms with Gasteiger partial charge in [0.15, 0.2) is 0 Å². The molecule has 0 bridgehead atoms. The Kier molecular flexibility index (Phi) is 4.53. The Morgan fingerprint density at radius 2 is 1.84 bits per heavy atom. The SMILES string of the molecule is Cc1ccc(Cl)c(OCCOc2cccc(N)c2)c1. The maximum atomic E-state index is 6.03. The number of rotatable bonds is 5. The average molecular weight is 278 g/mol. The fourth-order valence-corrected chi connectivity index (χ4v) is 1.81. The number of aryl methyl sites for hydroxylation is 1. The number of nitrogen functional groups attached to an aromatic ring is 1. The minimum atomic E-state index is 0.429. The lowest BCUT2D eigenvalue weighted by Crippen LogP contribution is -2.09. The first-order chi connectivity index (χ1) is 9.15. The van der Waals surface area contributed by atoms with E-state index in [0.29, 0.717) is 29.7 Å². The zero-order valence-electron chi connectivity index (χ0n) is 10.7. The van der Waals surface area contributed by atoms with E-state index in [9.17, 15) is 0 Å². The Morgan fingerprint density at radius 3 is 2.63 bits per heavy atom. The molecule has 0 aliphatic heterocycles. The van der Waals surface area contributed by atoms with Gasteiger partial charge in [-0.3, -0.25) is 0 Å².